The molecule has 1 fully saturated rings. The standard InChI is InChI=1S/C15H20FNO/c16-11-6-7-14-12(8-11)13(17)9-15(18-14)10-4-2-1-3-5-10/h6-8,10,13,15H,1-5,9,17H2/t13-,15?/m1/s1. The van der Waals surface area contributed by atoms with Gasteiger partial charge in [-0.15, -0.1) is 0 Å². The molecule has 2 N–H and O–H groups in total. The second-order valence-electron chi connectivity index (χ2n) is 5.58. The fourth-order valence-corrected chi connectivity index (χ4v) is 3.30. The summed E-state index contributed by atoms with van der Waals surface area (Å²) in [5.74, 6) is 1.18. The van der Waals surface area contributed by atoms with Crippen LogP contribution >= 0.6 is 0 Å². The Kier molecular flexibility index (Phi) is 3.25. The Morgan fingerprint density at radius 3 is 2.72 bits per heavy atom. The van der Waals surface area contributed by atoms with Crippen LogP contribution in [0.1, 0.15) is 50.1 Å². The fourth-order valence-electron chi connectivity index (χ4n) is 3.30. The number of halogens is 1. The molecule has 0 spiro atoms. The molecule has 2 aliphatic rings. The molecule has 0 aromatic heterocycles. The smallest absolute Gasteiger partial charge is 0.124 e. The predicted octanol–water partition coefficient (Wildman–Crippen LogP) is 3.56. The molecule has 1 aromatic carbocycles. The summed E-state index contributed by atoms with van der Waals surface area (Å²) in [5, 5.41) is 0. The lowest BCUT2D eigenvalue weighted by Gasteiger charge is -2.36. The van der Waals surface area contributed by atoms with Crippen molar-refractivity contribution in [2.75, 3.05) is 0 Å². The molecule has 0 saturated heterocycles. The minimum Gasteiger partial charge on any atom is -0.490 e. The molecule has 0 amide bonds. The van der Waals surface area contributed by atoms with Crippen molar-refractivity contribution in [3.63, 3.8) is 0 Å². The van der Waals surface area contributed by atoms with Gasteiger partial charge in [0.25, 0.3) is 0 Å². The first kappa shape index (κ1) is 12.0. The van der Waals surface area contributed by atoms with Gasteiger partial charge < -0.3 is 10.5 Å². The molecule has 1 unspecified atom stereocenters. The number of rotatable bonds is 1. The number of ether oxygens (including phenoxy) is 1. The quantitative estimate of drug-likeness (QED) is 0.826. The van der Waals surface area contributed by atoms with Crippen molar-refractivity contribution in [3.8, 4) is 5.75 Å². The van der Waals surface area contributed by atoms with E-state index in [4.69, 9.17) is 10.5 Å². The van der Waals surface area contributed by atoms with Crippen LogP contribution in [0.25, 0.3) is 0 Å². The van der Waals surface area contributed by atoms with Crippen molar-refractivity contribution in [2.24, 2.45) is 11.7 Å². The minimum atomic E-state index is -0.232. The van der Waals surface area contributed by atoms with E-state index in [0.717, 1.165) is 17.7 Å². The lowest BCUT2D eigenvalue weighted by Crippen LogP contribution is -2.36. The zero-order chi connectivity index (χ0) is 12.5. The van der Waals surface area contributed by atoms with Crippen LogP contribution in [0.4, 0.5) is 4.39 Å². The molecule has 1 aromatic rings. The monoisotopic (exact) mass is 249 g/mol. The summed E-state index contributed by atoms with van der Waals surface area (Å²) in [4.78, 5) is 0. The van der Waals surface area contributed by atoms with E-state index >= 15 is 0 Å². The van der Waals surface area contributed by atoms with Gasteiger partial charge in [-0.25, -0.2) is 4.39 Å². The van der Waals surface area contributed by atoms with Crippen LogP contribution in [0.15, 0.2) is 18.2 Å². The maximum absolute atomic E-state index is 13.2. The molecule has 18 heavy (non-hydrogen) atoms. The topological polar surface area (TPSA) is 35.2 Å². The zero-order valence-corrected chi connectivity index (χ0v) is 10.6. The summed E-state index contributed by atoms with van der Waals surface area (Å²) in [6.07, 6.45) is 7.48. The third kappa shape index (κ3) is 2.24. The normalized spacial score (nSPS) is 28.6. The van der Waals surface area contributed by atoms with E-state index < -0.39 is 0 Å². The van der Waals surface area contributed by atoms with E-state index in [1.54, 1.807) is 6.07 Å². The number of hydrogen-bond donors (Lipinski definition) is 1. The van der Waals surface area contributed by atoms with Crippen LogP contribution in [0.2, 0.25) is 0 Å². The van der Waals surface area contributed by atoms with Crippen molar-refractivity contribution in [1.82, 2.24) is 0 Å². The molecule has 3 heteroatoms. The van der Waals surface area contributed by atoms with Crippen LogP contribution in [0, 0.1) is 11.7 Å². The van der Waals surface area contributed by atoms with Gasteiger partial charge in [0, 0.05) is 18.0 Å². The lowest BCUT2D eigenvalue weighted by atomic mass is 9.81. The zero-order valence-electron chi connectivity index (χ0n) is 10.6. The highest BCUT2D eigenvalue weighted by molar-refractivity contribution is 5.38. The highest BCUT2D eigenvalue weighted by Gasteiger charge is 2.32. The molecule has 1 heterocycles. The Bertz CT molecular complexity index is 429. The summed E-state index contributed by atoms with van der Waals surface area (Å²) in [7, 11) is 0. The van der Waals surface area contributed by atoms with Crippen LogP contribution in [0.5, 0.6) is 5.75 Å². The van der Waals surface area contributed by atoms with Crippen molar-refractivity contribution < 1.29 is 9.13 Å². The maximum atomic E-state index is 13.2. The third-order valence-corrected chi connectivity index (χ3v) is 4.31. The van der Waals surface area contributed by atoms with Crippen molar-refractivity contribution in [2.45, 2.75) is 50.7 Å². The van der Waals surface area contributed by atoms with E-state index in [2.05, 4.69) is 0 Å². The third-order valence-electron chi connectivity index (χ3n) is 4.31. The Hall–Kier alpha value is -1.09. The summed E-state index contributed by atoms with van der Waals surface area (Å²) in [6, 6.07) is 4.60. The molecule has 2 nitrogen and oxygen atoms in total. The minimum absolute atomic E-state index is 0.0867. The number of fused-ring (bicyclic) bond motifs is 1. The lowest BCUT2D eigenvalue weighted by molar-refractivity contribution is 0.0782. The largest absolute Gasteiger partial charge is 0.490 e. The van der Waals surface area contributed by atoms with Crippen LogP contribution in [0.3, 0.4) is 0 Å². The molecule has 3 rings (SSSR count). The summed E-state index contributed by atoms with van der Waals surface area (Å²) < 4.78 is 19.3. The number of benzene rings is 1. The molecule has 98 valence electrons. The fraction of sp³-hybridized carbons (Fsp3) is 0.600. The molecular weight excluding hydrogens is 229 g/mol. The summed E-state index contributed by atoms with van der Waals surface area (Å²) >= 11 is 0. The van der Waals surface area contributed by atoms with Gasteiger partial charge in [-0.3, -0.25) is 0 Å². The van der Waals surface area contributed by atoms with E-state index in [0.29, 0.717) is 5.92 Å². The Labute approximate surface area is 107 Å². The van der Waals surface area contributed by atoms with E-state index in [9.17, 15) is 4.39 Å². The molecule has 1 saturated carbocycles. The molecular formula is C15H20FNO. The van der Waals surface area contributed by atoms with Crippen molar-refractivity contribution >= 4 is 0 Å². The Balaban J connectivity index is 1.80. The van der Waals surface area contributed by atoms with Gasteiger partial charge in [-0.2, -0.15) is 0 Å². The van der Waals surface area contributed by atoms with Crippen molar-refractivity contribution in [3.05, 3.63) is 29.6 Å². The SMILES string of the molecule is N[C@@H]1CC(C2CCCCC2)Oc2ccc(F)cc21. The highest BCUT2D eigenvalue weighted by Crippen LogP contribution is 2.39. The second-order valence-corrected chi connectivity index (χ2v) is 5.58. The summed E-state index contributed by atoms with van der Waals surface area (Å²) in [6.45, 7) is 0. The molecule has 2 atom stereocenters. The van der Waals surface area contributed by atoms with E-state index in [-0.39, 0.29) is 18.0 Å². The van der Waals surface area contributed by atoms with Gasteiger partial charge in [0.15, 0.2) is 0 Å². The summed E-state index contributed by atoms with van der Waals surface area (Å²) in [5.41, 5.74) is 6.99. The first-order valence-corrected chi connectivity index (χ1v) is 6.96. The van der Waals surface area contributed by atoms with Crippen LogP contribution < -0.4 is 10.5 Å². The highest BCUT2D eigenvalue weighted by atomic mass is 19.1. The average Bonchev–Trinajstić information content (AvgIpc) is 2.40. The van der Waals surface area contributed by atoms with E-state index in [1.165, 1.54) is 44.2 Å². The number of hydrogen-bond acceptors (Lipinski definition) is 2. The molecule has 1 aliphatic carbocycles. The average molecular weight is 249 g/mol. The van der Waals surface area contributed by atoms with Gasteiger partial charge in [-0.1, -0.05) is 19.3 Å². The molecule has 0 radical (unpaired) electrons. The van der Waals surface area contributed by atoms with E-state index in [1.807, 2.05) is 0 Å². The Morgan fingerprint density at radius 2 is 1.94 bits per heavy atom. The second kappa shape index (κ2) is 4.88. The maximum Gasteiger partial charge on any atom is 0.124 e. The molecule has 0 bridgehead atoms. The van der Waals surface area contributed by atoms with Crippen LogP contribution in [-0.2, 0) is 0 Å². The first-order valence-electron chi connectivity index (χ1n) is 6.96. The van der Waals surface area contributed by atoms with Crippen LogP contribution in [-0.4, -0.2) is 6.10 Å². The Morgan fingerprint density at radius 1 is 1.17 bits per heavy atom. The predicted molar refractivity (Wildman–Crippen MR) is 68.9 cm³/mol. The number of nitrogens with two attached hydrogens (primary N) is 1. The van der Waals surface area contributed by atoms with Gasteiger partial charge in [-0.05, 0) is 37.0 Å². The van der Waals surface area contributed by atoms with Gasteiger partial charge in [0.05, 0.1) is 0 Å². The van der Waals surface area contributed by atoms with Gasteiger partial charge in [0.2, 0.25) is 0 Å². The van der Waals surface area contributed by atoms with Crippen molar-refractivity contribution in [1.29, 1.82) is 0 Å². The molecule has 1 aliphatic heterocycles. The van der Waals surface area contributed by atoms with Gasteiger partial charge in [0.1, 0.15) is 17.7 Å². The first-order chi connectivity index (χ1) is 8.74. The van der Waals surface area contributed by atoms with Gasteiger partial charge >= 0.3 is 0 Å².